The summed E-state index contributed by atoms with van der Waals surface area (Å²) < 4.78 is 21.2. The fraction of sp³-hybridized carbons (Fsp3) is 0.368. The van der Waals surface area contributed by atoms with Gasteiger partial charge in [-0.2, -0.15) is 0 Å². The summed E-state index contributed by atoms with van der Waals surface area (Å²) in [5.41, 5.74) is 2.89. The molecule has 0 spiro atoms. The average Bonchev–Trinajstić information content (AvgIpc) is 3.05. The molecule has 0 N–H and O–H groups in total. The summed E-state index contributed by atoms with van der Waals surface area (Å²) in [6.07, 6.45) is 4.41. The zero-order chi connectivity index (χ0) is 16.4. The van der Waals surface area contributed by atoms with Gasteiger partial charge in [0.2, 0.25) is 0 Å². The molecule has 2 aromatic carbocycles. The van der Waals surface area contributed by atoms with Gasteiger partial charge in [-0.15, -0.1) is 5.10 Å². The van der Waals surface area contributed by atoms with Crippen molar-refractivity contribution in [3.63, 3.8) is 0 Å². The molecule has 1 saturated heterocycles. The highest BCUT2D eigenvalue weighted by molar-refractivity contribution is 5.74. The SMILES string of the molecule is Fc1ccc(C(CC2CCCCO2)n2nnc3ccccc32)cc1. The van der Waals surface area contributed by atoms with Crippen LogP contribution in [0, 0.1) is 5.82 Å². The Bertz CT molecular complexity index is 809. The fourth-order valence-corrected chi connectivity index (χ4v) is 3.42. The topological polar surface area (TPSA) is 39.9 Å². The lowest BCUT2D eigenvalue weighted by molar-refractivity contribution is 0.00476. The first-order valence-electron chi connectivity index (χ1n) is 8.48. The predicted octanol–water partition coefficient (Wildman–Crippen LogP) is 4.12. The van der Waals surface area contributed by atoms with E-state index in [1.54, 1.807) is 0 Å². The van der Waals surface area contributed by atoms with Crippen LogP contribution in [0.2, 0.25) is 0 Å². The van der Waals surface area contributed by atoms with Gasteiger partial charge in [-0.05, 0) is 49.1 Å². The van der Waals surface area contributed by atoms with Crippen LogP contribution in [0.5, 0.6) is 0 Å². The van der Waals surface area contributed by atoms with E-state index in [0.717, 1.165) is 42.5 Å². The first-order chi connectivity index (χ1) is 11.8. The van der Waals surface area contributed by atoms with Gasteiger partial charge in [-0.3, -0.25) is 0 Å². The van der Waals surface area contributed by atoms with Gasteiger partial charge >= 0.3 is 0 Å². The second-order valence-corrected chi connectivity index (χ2v) is 6.31. The van der Waals surface area contributed by atoms with Crippen molar-refractivity contribution >= 4 is 11.0 Å². The maximum Gasteiger partial charge on any atom is 0.123 e. The molecular weight excluding hydrogens is 305 g/mol. The van der Waals surface area contributed by atoms with Gasteiger partial charge in [-0.1, -0.05) is 29.5 Å². The fourth-order valence-electron chi connectivity index (χ4n) is 3.42. The van der Waals surface area contributed by atoms with E-state index >= 15 is 0 Å². The molecule has 1 aromatic heterocycles. The molecule has 0 aliphatic carbocycles. The lowest BCUT2D eigenvalue weighted by atomic mass is 9.96. The summed E-state index contributed by atoms with van der Waals surface area (Å²) in [6.45, 7) is 0.818. The van der Waals surface area contributed by atoms with Crippen LogP contribution in [0.25, 0.3) is 11.0 Å². The Balaban J connectivity index is 1.72. The first-order valence-corrected chi connectivity index (χ1v) is 8.48. The smallest absolute Gasteiger partial charge is 0.123 e. The minimum atomic E-state index is -0.227. The van der Waals surface area contributed by atoms with E-state index in [0.29, 0.717) is 0 Å². The quantitative estimate of drug-likeness (QED) is 0.724. The summed E-state index contributed by atoms with van der Waals surface area (Å²) in [5.74, 6) is -0.227. The predicted molar refractivity (Wildman–Crippen MR) is 90.3 cm³/mol. The van der Waals surface area contributed by atoms with Gasteiger partial charge in [0, 0.05) is 13.0 Å². The number of halogens is 1. The molecule has 124 valence electrons. The normalized spacial score (nSPS) is 19.5. The van der Waals surface area contributed by atoms with Crippen LogP contribution < -0.4 is 0 Å². The third-order valence-electron chi connectivity index (χ3n) is 4.69. The van der Waals surface area contributed by atoms with Crippen LogP contribution in [0.1, 0.15) is 37.3 Å². The summed E-state index contributed by atoms with van der Waals surface area (Å²) in [4.78, 5) is 0. The lowest BCUT2D eigenvalue weighted by Crippen LogP contribution is -2.25. The Morgan fingerprint density at radius 3 is 2.75 bits per heavy atom. The van der Waals surface area contributed by atoms with E-state index in [9.17, 15) is 4.39 Å². The van der Waals surface area contributed by atoms with Gasteiger partial charge in [-0.25, -0.2) is 9.07 Å². The molecule has 2 heterocycles. The summed E-state index contributed by atoms with van der Waals surface area (Å²) >= 11 is 0. The van der Waals surface area contributed by atoms with E-state index in [4.69, 9.17) is 4.74 Å². The highest BCUT2D eigenvalue weighted by atomic mass is 19.1. The number of hydrogen-bond acceptors (Lipinski definition) is 3. The van der Waals surface area contributed by atoms with Crippen molar-refractivity contribution in [3.05, 3.63) is 59.9 Å². The van der Waals surface area contributed by atoms with Crippen molar-refractivity contribution in [2.45, 2.75) is 37.8 Å². The van der Waals surface area contributed by atoms with Crippen LogP contribution in [-0.2, 0) is 4.74 Å². The second kappa shape index (κ2) is 6.69. The number of benzene rings is 2. The Hall–Kier alpha value is -2.27. The Morgan fingerprint density at radius 1 is 1.12 bits per heavy atom. The molecule has 0 saturated carbocycles. The van der Waals surface area contributed by atoms with Gasteiger partial charge in [0.15, 0.2) is 0 Å². The average molecular weight is 325 g/mol. The van der Waals surface area contributed by atoms with Crippen molar-refractivity contribution in [3.8, 4) is 0 Å². The number of para-hydroxylation sites is 1. The lowest BCUT2D eigenvalue weighted by Gasteiger charge is -2.27. The highest BCUT2D eigenvalue weighted by Gasteiger charge is 2.24. The first kappa shape index (κ1) is 15.3. The van der Waals surface area contributed by atoms with Crippen molar-refractivity contribution in [2.24, 2.45) is 0 Å². The molecule has 4 rings (SSSR count). The number of ether oxygens (including phenoxy) is 1. The van der Waals surface area contributed by atoms with E-state index in [1.165, 1.54) is 18.6 Å². The second-order valence-electron chi connectivity index (χ2n) is 6.31. The van der Waals surface area contributed by atoms with Crippen molar-refractivity contribution in [1.82, 2.24) is 15.0 Å². The molecule has 2 atom stereocenters. The van der Waals surface area contributed by atoms with Crippen LogP contribution in [0.4, 0.5) is 4.39 Å². The van der Waals surface area contributed by atoms with Crippen LogP contribution in [0.3, 0.4) is 0 Å². The molecule has 0 bridgehead atoms. The van der Waals surface area contributed by atoms with E-state index in [-0.39, 0.29) is 18.0 Å². The molecule has 1 fully saturated rings. The number of aromatic nitrogens is 3. The Morgan fingerprint density at radius 2 is 1.96 bits per heavy atom. The van der Waals surface area contributed by atoms with Gasteiger partial charge in [0.1, 0.15) is 11.3 Å². The number of fused-ring (bicyclic) bond motifs is 1. The number of nitrogens with zero attached hydrogens (tertiary/aromatic N) is 3. The molecule has 2 unspecified atom stereocenters. The Kier molecular flexibility index (Phi) is 4.26. The zero-order valence-corrected chi connectivity index (χ0v) is 13.4. The van der Waals surface area contributed by atoms with Gasteiger partial charge in [0.05, 0.1) is 17.7 Å². The van der Waals surface area contributed by atoms with Gasteiger partial charge in [0.25, 0.3) is 0 Å². The molecular formula is C19H20FN3O. The molecule has 1 aliphatic rings. The van der Waals surface area contributed by atoms with Crippen LogP contribution >= 0.6 is 0 Å². The van der Waals surface area contributed by atoms with E-state index in [1.807, 2.05) is 41.1 Å². The molecule has 5 heteroatoms. The largest absolute Gasteiger partial charge is 0.378 e. The molecule has 4 nitrogen and oxygen atoms in total. The molecule has 24 heavy (non-hydrogen) atoms. The molecule has 0 amide bonds. The minimum absolute atomic E-state index is 0.0129. The van der Waals surface area contributed by atoms with E-state index in [2.05, 4.69) is 10.3 Å². The highest BCUT2D eigenvalue weighted by Crippen LogP contribution is 2.30. The number of rotatable bonds is 4. The van der Waals surface area contributed by atoms with Crippen LogP contribution in [0.15, 0.2) is 48.5 Å². The molecule has 1 aliphatic heterocycles. The number of hydrogen-bond donors (Lipinski definition) is 0. The Labute approximate surface area is 140 Å². The third kappa shape index (κ3) is 3.04. The monoisotopic (exact) mass is 325 g/mol. The maximum absolute atomic E-state index is 13.3. The van der Waals surface area contributed by atoms with Gasteiger partial charge < -0.3 is 4.74 Å². The standard InChI is InChI=1S/C19H20FN3O/c20-15-10-8-14(9-11-15)19(13-16-5-3-4-12-24-16)23-18-7-2-1-6-17(18)21-22-23/h1-2,6-11,16,19H,3-5,12-13H2. The zero-order valence-electron chi connectivity index (χ0n) is 13.4. The summed E-state index contributed by atoms with van der Waals surface area (Å²) in [6, 6.07) is 14.6. The van der Waals surface area contributed by atoms with Crippen molar-refractivity contribution in [2.75, 3.05) is 6.61 Å². The molecule has 3 aromatic rings. The molecule has 0 radical (unpaired) electrons. The van der Waals surface area contributed by atoms with Crippen molar-refractivity contribution < 1.29 is 9.13 Å². The minimum Gasteiger partial charge on any atom is -0.378 e. The third-order valence-corrected chi connectivity index (χ3v) is 4.69. The van der Waals surface area contributed by atoms with E-state index < -0.39 is 0 Å². The summed E-state index contributed by atoms with van der Waals surface area (Å²) in [7, 11) is 0. The maximum atomic E-state index is 13.3. The van der Waals surface area contributed by atoms with Crippen molar-refractivity contribution in [1.29, 1.82) is 0 Å². The van der Waals surface area contributed by atoms with Crippen LogP contribution in [-0.4, -0.2) is 27.7 Å². The summed E-state index contributed by atoms with van der Waals surface area (Å²) in [5, 5.41) is 8.65.